The Morgan fingerprint density at radius 3 is 0.857 bits per heavy atom. The zero-order valence-electron chi connectivity index (χ0n) is 36.2. The molecule has 0 aliphatic heterocycles. The monoisotopic (exact) mass is 968 g/mol. The van der Waals surface area contributed by atoms with E-state index in [1.54, 1.807) is 0 Å². The van der Waals surface area contributed by atoms with Crippen LogP contribution in [0, 0.1) is 12.1 Å². The van der Waals surface area contributed by atoms with Crippen LogP contribution in [0.4, 0.5) is 0 Å². The average molecular weight is 971 g/mol. The average Bonchev–Trinajstić information content (AvgIpc) is 3.06. The van der Waals surface area contributed by atoms with Crippen molar-refractivity contribution in [3.05, 3.63) is 72.8 Å². The summed E-state index contributed by atoms with van der Waals surface area (Å²) in [5, 5.41) is 4.54. The molecule has 0 atom stereocenters. The van der Waals surface area contributed by atoms with Crippen molar-refractivity contribution in [2.24, 2.45) is 0 Å². The zero-order chi connectivity index (χ0) is 38.9. The predicted octanol–water partition coefficient (Wildman–Crippen LogP) is 9.65. The van der Waals surface area contributed by atoms with Crippen molar-refractivity contribution in [1.29, 1.82) is 0 Å². The van der Waals surface area contributed by atoms with Crippen LogP contribution in [0.25, 0.3) is 21.5 Å². The molecule has 320 valence electrons. The van der Waals surface area contributed by atoms with Gasteiger partial charge in [0.25, 0.3) is 0 Å². The minimum absolute atomic E-state index is 0. The first-order valence-corrected chi connectivity index (χ1v) is 24.8. The topological polar surface area (TPSA) is 36.9 Å². The smallest absolute Gasteiger partial charge is 1.00 e. The molecule has 12 heteroatoms. The Hall–Kier alpha value is -0.113. The number of rotatable bonds is 16. The van der Waals surface area contributed by atoms with Crippen LogP contribution in [0.15, 0.2) is 60.7 Å². The summed E-state index contributed by atoms with van der Waals surface area (Å²) >= 11 is 0. The maximum atomic E-state index is 6.53. The summed E-state index contributed by atoms with van der Waals surface area (Å²) in [5.41, 5.74) is 4.07. The van der Waals surface area contributed by atoms with E-state index in [1.165, 1.54) is 0 Å². The van der Waals surface area contributed by atoms with Gasteiger partial charge in [0.2, 0.25) is 0 Å². The normalized spacial score (nSPS) is 11.5. The molecule has 0 amide bonds. The van der Waals surface area contributed by atoms with Gasteiger partial charge in [-0.2, -0.15) is 0 Å². The summed E-state index contributed by atoms with van der Waals surface area (Å²) in [6, 6.07) is 27.9. The second kappa shape index (κ2) is 27.7. The van der Waals surface area contributed by atoms with Gasteiger partial charge in [0.15, 0.2) is 0 Å². The quantitative estimate of drug-likeness (QED) is 0.0638. The summed E-state index contributed by atoms with van der Waals surface area (Å²) in [4.78, 5) is 0. The van der Waals surface area contributed by atoms with Crippen LogP contribution in [0.3, 0.4) is 0 Å². The summed E-state index contributed by atoms with van der Waals surface area (Å²) in [6.45, 7) is 35.8. The van der Waals surface area contributed by atoms with Crippen molar-refractivity contribution in [2.45, 2.75) is 156 Å². The first-order chi connectivity index (χ1) is 24.4. The van der Waals surface area contributed by atoms with Crippen LogP contribution >= 0.6 is 32.6 Å². The summed E-state index contributed by atoms with van der Waals surface area (Å²) < 4.78 is 25.9. The summed E-state index contributed by atoms with van der Waals surface area (Å²) in [6.07, 6.45) is 0. The van der Waals surface area contributed by atoms with Crippen LogP contribution in [0.2, 0.25) is 0 Å². The van der Waals surface area contributed by atoms with Crippen molar-refractivity contribution in [2.75, 3.05) is 0 Å². The van der Waals surface area contributed by atoms with Crippen LogP contribution in [0.5, 0.6) is 23.0 Å². The third-order valence-electron chi connectivity index (χ3n) is 8.33. The first kappa shape index (κ1) is 58.0. The molecule has 4 rings (SSSR count). The molecule has 0 heterocycles. The fraction of sp³-hybridized carbons (Fsp3) is 0.545. The molecule has 0 unspecified atom stereocenters. The number of hydrogen-bond donors (Lipinski definition) is 0. The molecular weight excluding hydrogens is 905 g/mol. The van der Waals surface area contributed by atoms with Crippen molar-refractivity contribution >= 4 is 54.1 Å². The maximum Gasteiger partial charge on any atom is 2.00 e. The summed E-state index contributed by atoms with van der Waals surface area (Å²) in [5.74, 6) is 3.31. The maximum absolute atomic E-state index is 6.53. The third kappa shape index (κ3) is 17.1. The molecule has 0 aromatic heterocycles. The number of fused-ring (bicyclic) bond motifs is 2. The Morgan fingerprint density at radius 1 is 0.375 bits per heavy atom. The van der Waals surface area contributed by atoms with Gasteiger partial charge in [-0.15, -0.1) is 35.0 Å². The van der Waals surface area contributed by atoms with Gasteiger partial charge < -0.3 is 42.9 Å². The molecule has 0 N–H and O–H groups in total. The van der Waals surface area contributed by atoms with Crippen LogP contribution in [-0.4, -0.2) is 45.3 Å². The molecular formula is C44H66Cl2Ni2O4P4. The van der Waals surface area contributed by atoms with Crippen molar-refractivity contribution < 1.29 is 75.9 Å². The van der Waals surface area contributed by atoms with Crippen molar-refractivity contribution in [3.63, 3.8) is 0 Å². The van der Waals surface area contributed by atoms with Crippen molar-refractivity contribution in [1.82, 2.24) is 0 Å². The largest absolute Gasteiger partial charge is 2.00 e. The van der Waals surface area contributed by atoms with Gasteiger partial charge in [-0.25, -0.2) is 0 Å². The summed E-state index contributed by atoms with van der Waals surface area (Å²) in [7, 11) is -2.23. The van der Waals surface area contributed by atoms with Crippen molar-refractivity contribution in [3.8, 4) is 23.0 Å². The van der Waals surface area contributed by atoms with E-state index in [2.05, 4.69) is 184 Å². The van der Waals surface area contributed by atoms with E-state index >= 15 is 0 Å². The zero-order valence-corrected chi connectivity index (χ0v) is 43.3. The molecule has 4 aromatic rings. The molecule has 0 aliphatic rings. The van der Waals surface area contributed by atoms with Gasteiger partial charge in [0.1, 0.15) is 0 Å². The van der Waals surface area contributed by atoms with Gasteiger partial charge >= 0.3 is 33.0 Å². The standard InChI is InChI=1S/2C22H33O2P2.2ClH.2Ni/c2*1-15(2)25(16(3)4)23-20-13-19-11-9-10-12-21(19)22(14-20)24-26(17(5)6)18(7)8;;;;/h2*9-13,15-18H,1-8H3;2*1H;;/q2*-1;;;2*+2/p-2. The van der Waals surface area contributed by atoms with E-state index in [9.17, 15) is 0 Å². The Balaban J connectivity index is 0. The van der Waals surface area contributed by atoms with Crippen LogP contribution in [-0.2, 0) is 33.0 Å². The molecule has 0 aliphatic carbocycles. The predicted molar refractivity (Wildman–Crippen MR) is 237 cm³/mol. The molecule has 0 spiro atoms. The molecule has 4 nitrogen and oxygen atoms in total. The van der Waals surface area contributed by atoms with E-state index in [0.29, 0.717) is 45.3 Å². The first-order valence-electron chi connectivity index (χ1n) is 19.2. The molecule has 0 saturated carbocycles. The molecule has 0 saturated heterocycles. The van der Waals surface area contributed by atoms with Gasteiger partial charge in [0.05, 0.1) is 32.6 Å². The minimum atomic E-state index is -0.567. The van der Waals surface area contributed by atoms with Gasteiger partial charge in [-0.3, -0.25) is 0 Å². The van der Waals surface area contributed by atoms with E-state index in [1.807, 2.05) is 0 Å². The van der Waals surface area contributed by atoms with Gasteiger partial charge in [0, 0.05) is 68.3 Å². The Labute approximate surface area is 379 Å². The minimum Gasteiger partial charge on any atom is -1.00 e. The molecule has 0 fully saturated rings. The number of hydrogen-bond acceptors (Lipinski definition) is 4. The van der Waals surface area contributed by atoms with E-state index in [0.717, 1.165) is 44.5 Å². The Kier molecular flexibility index (Phi) is 28.7. The molecule has 56 heavy (non-hydrogen) atoms. The molecule has 0 bridgehead atoms. The van der Waals surface area contributed by atoms with E-state index < -0.39 is 32.6 Å². The van der Waals surface area contributed by atoms with Crippen LogP contribution in [0.1, 0.15) is 111 Å². The number of halogens is 2. The van der Waals surface area contributed by atoms with Gasteiger partial charge in [-0.05, 0) is 0 Å². The third-order valence-corrected chi connectivity index (χ3v) is 18.1. The van der Waals surface area contributed by atoms with Gasteiger partial charge in [-0.1, -0.05) is 170 Å². The van der Waals surface area contributed by atoms with Crippen LogP contribution < -0.4 is 42.9 Å². The Morgan fingerprint density at radius 2 is 0.607 bits per heavy atom. The van der Waals surface area contributed by atoms with E-state index in [4.69, 9.17) is 18.1 Å². The van der Waals surface area contributed by atoms with E-state index in [-0.39, 0.29) is 57.8 Å². The molecule has 0 radical (unpaired) electrons. The fourth-order valence-corrected chi connectivity index (χ4v) is 14.1. The number of benzene rings is 4. The second-order valence-corrected chi connectivity index (χ2v) is 27.5. The second-order valence-electron chi connectivity index (χ2n) is 15.7. The SMILES string of the molecule is CC(C)P(Oc1[c-]c(OP(C(C)C)C(C)C)c2ccccc2c1)C(C)C.CC(C)P(Oc1[c-]c(OP(C(C)C)C(C)C)c2ccccc2c1)C(C)C.[Cl-].[Cl-].[Ni+2].[Ni+2]. The fourth-order valence-electron chi connectivity index (χ4n) is 6.28. The molecule has 4 aromatic carbocycles. The Bertz CT molecular complexity index is 1540.